The van der Waals surface area contributed by atoms with Crippen molar-refractivity contribution in [3.05, 3.63) is 86.4 Å². The van der Waals surface area contributed by atoms with Gasteiger partial charge >= 0.3 is 5.69 Å². The number of aryl methyl sites for hydroxylation is 1. The third-order valence-electron chi connectivity index (χ3n) is 4.47. The van der Waals surface area contributed by atoms with Crippen LogP contribution >= 0.6 is 23.2 Å². The van der Waals surface area contributed by atoms with Crippen LogP contribution < -0.4 is 0 Å². The first-order valence-corrected chi connectivity index (χ1v) is 8.93. The highest BCUT2D eigenvalue weighted by Gasteiger charge is 2.25. The molecule has 8 heteroatoms. The van der Waals surface area contributed by atoms with E-state index < -0.39 is 4.92 Å². The second kappa shape index (κ2) is 6.72. The van der Waals surface area contributed by atoms with Crippen LogP contribution in [0, 0.1) is 17.0 Å². The molecule has 0 aliphatic heterocycles. The molecule has 0 bridgehead atoms. The molecule has 0 spiro atoms. The fourth-order valence-corrected chi connectivity index (χ4v) is 3.54. The molecule has 27 heavy (non-hydrogen) atoms. The Labute approximate surface area is 164 Å². The summed E-state index contributed by atoms with van der Waals surface area (Å²) in [6.07, 6.45) is 3.96. The Morgan fingerprint density at radius 2 is 1.81 bits per heavy atom. The number of hydrogen-bond acceptors (Lipinski definition) is 3. The molecule has 4 aromatic rings. The maximum atomic E-state index is 11.4. The lowest BCUT2D eigenvalue weighted by Gasteiger charge is -2.09. The van der Waals surface area contributed by atoms with E-state index in [2.05, 4.69) is 4.98 Å². The highest BCUT2D eigenvalue weighted by Crippen LogP contribution is 2.38. The van der Waals surface area contributed by atoms with Gasteiger partial charge in [0.25, 0.3) is 0 Å². The Bertz CT molecular complexity index is 1150. The maximum Gasteiger partial charge on any atom is 0.317 e. The second-order valence-electron chi connectivity index (χ2n) is 6.15. The summed E-state index contributed by atoms with van der Waals surface area (Å²) in [7, 11) is 0. The van der Waals surface area contributed by atoms with Gasteiger partial charge in [0.1, 0.15) is 10.8 Å². The van der Waals surface area contributed by atoms with Crippen molar-refractivity contribution in [1.29, 1.82) is 0 Å². The smallest absolute Gasteiger partial charge is 0.317 e. The highest BCUT2D eigenvalue weighted by atomic mass is 35.5. The number of imidazole rings is 1. The summed E-state index contributed by atoms with van der Waals surface area (Å²) < 4.78 is 3.92. The number of nitro benzene ring substituents is 1. The molecule has 0 amide bonds. The van der Waals surface area contributed by atoms with Crippen LogP contribution in [0.2, 0.25) is 10.0 Å². The molecule has 0 unspecified atom stereocenters. The van der Waals surface area contributed by atoms with E-state index >= 15 is 0 Å². The van der Waals surface area contributed by atoms with Crippen molar-refractivity contribution in [3.63, 3.8) is 0 Å². The van der Waals surface area contributed by atoms with Crippen LogP contribution in [0.5, 0.6) is 0 Å². The SMILES string of the molecule is Cc1nc2c([N+](=O)[O-])c(Cl)c(Cl)cc2n1Cc1ccc(-n2cccc2)cc1. The molecule has 2 aromatic heterocycles. The minimum absolute atomic E-state index is 0.0881. The van der Waals surface area contributed by atoms with Gasteiger partial charge in [-0.25, -0.2) is 4.98 Å². The van der Waals surface area contributed by atoms with Crippen molar-refractivity contribution in [2.24, 2.45) is 0 Å². The largest absolute Gasteiger partial charge is 0.324 e. The van der Waals surface area contributed by atoms with Crippen molar-refractivity contribution in [2.75, 3.05) is 0 Å². The van der Waals surface area contributed by atoms with Crippen molar-refractivity contribution in [3.8, 4) is 5.69 Å². The molecule has 0 fully saturated rings. The van der Waals surface area contributed by atoms with Crippen LogP contribution in [0.4, 0.5) is 5.69 Å². The zero-order valence-corrected chi connectivity index (χ0v) is 15.8. The van der Waals surface area contributed by atoms with Crippen LogP contribution in [0.15, 0.2) is 54.9 Å². The van der Waals surface area contributed by atoms with E-state index in [1.54, 1.807) is 13.0 Å². The number of aromatic nitrogens is 3. The van der Waals surface area contributed by atoms with Gasteiger partial charge in [-0.15, -0.1) is 0 Å². The van der Waals surface area contributed by atoms with E-state index in [0.29, 0.717) is 17.9 Å². The van der Waals surface area contributed by atoms with Crippen molar-refractivity contribution in [2.45, 2.75) is 13.5 Å². The van der Waals surface area contributed by atoms with Gasteiger partial charge in [0.15, 0.2) is 5.52 Å². The van der Waals surface area contributed by atoms with Gasteiger partial charge in [-0.3, -0.25) is 10.1 Å². The molecule has 0 saturated carbocycles. The van der Waals surface area contributed by atoms with E-state index in [1.165, 1.54) is 0 Å². The number of hydrogen-bond donors (Lipinski definition) is 0. The standard InChI is InChI=1S/C19H14Cl2N4O2/c1-12-22-18-16(10-15(20)17(21)19(18)25(26)27)24(12)11-13-4-6-14(7-5-13)23-8-2-3-9-23/h2-10H,11H2,1H3. The fourth-order valence-electron chi connectivity index (χ4n) is 3.13. The molecule has 0 aliphatic rings. The van der Waals surface area contributed by atoms with E-state index in [9.17, 15) is 10.1 Å². The van der Waals surface area contributed by atoms with Crippen LogP contribution in [-0.4, -0.2) is 19.0 Å². The molecule has 136 valence electrons. The average molecular weight is 401 g/mol. The average Bonchev–Trinajstić information content (AvgIpc) is 3.26. The Balaban J connectivity index is 1.76. The van der Waals surface area contributed by atoms with Gasteiger partial charge in [-0.2, -0.15) is 0 Å². The van der Waals surface area contributed by atoms with Crippen LogP contribution in [0.1, 0.15) is 11.4 Å². The lowest BCUT2D eigenvalue weighted by atomic mass is 10.2. The molecule has 0 N–H and O–H groups in total. The minimum atomic E-state index is -0.542. The molecular weight excluding hydrogens is 387 g/mol. The quantitative estimate of drug-likeness (QED) is 0.340. The lowest BCUT2D eigenvalue weighted by molar-refractivity contribution is -0.383. The predicted octanol–water partition coefficient (Wildman–Crippen LogP) is 5.40. The predicted molar refractivity (Wildman–Crippen MR) is 106 cm³/mol. The van der Waals surface area contributed by atoms with E-state index in [1.807, 2.05) is 57.9 Å². The Morgan fingerprint density at radius 1 is 1.15 bits per heavy atom. The summed E-state index contributed by atoms with van der Waals surface area (Å²) in [5.74, 6) is 0.654. The van der Waals surface area contributed by atoms with Gasteiger partial charge in [0.05, 0.1) is 15.5 Å². The summed E-state index contributed by atoms with van der Waals surface area (Å²) >= 11 is 12.1. The first-order valence-electron chi connectivity index (χ1n) is 8.17. The summed E-state index contributed by atoms with van der Waals surface area (Å²) in [5, 5.41) is 11.5. The first-order chi connectivity index (χ1) is 13.0. The second-order valence-corrected chi connectivity index (χ2v) is 6.93. The van der Waals surface area contributed by atoms with E-state index in [0.717, 1.165) is 11.3 Å². The summed E-state index contributed by atoms with van der Waals surface area (Å²) in [6, 6.07) is 13.7. The zero-order chi connectivity index (χ0) is 19.1. The van der Waals surface area contributed by atoms with Gasteiger partial charge in [0, 0.05) is 24.6 Å². The minimum Gasteiger partial charge on any atom is -0.324 e. The number of halogens is 2. The monoisotopic (exact) mass is 400 g/mol. The molecule has 0 saturated heterocycles. The van der Waals surface area contributed by atoms with Gasteiger partial charge in [-0.05, 0) is 42.8 Å². The molecule has 0 radical (unpaired) electrons. The number of rotatable bonds is 4. The third kappa shape index (κ3) is 3.07. The molecular formula is C19H14Cl2N4O2. The highest BCUT2D eigenvalue weighted by molar-refractivity contribution is 6.44. The molecule has 2 aromatic carbocycles. The van der Waals surface area contributed by atoms with Crippen LogP contribution in [-0.2, 0) is 6.54 Å². The van der Waals surface area contributed by atoms with Crippen molar-refractivity contribution >= 4 is 39.9 Å². The van der Waals surface area contributed by atoms with Gasteiger partial charge in [0.2, 0.25) is 0 Å². The topological polar surface area (TPSA) is 65.9 Å². The Hall–Kier alpha value is -2.83. The fraction of sp³-hybridized carbons (Fsp3) is 0.105. The first kappa shape index (κ1) is 17.6. The molecule has 6 nitrogen and oxygen atoms in total. The summed E-state index contributed by atoms with van der Waals surface area (Å²) in [4.78, 5) is 15.2. The van der Waals surface area contributed by atoms with E-state index in [-0.39, 0.29) is 21.2 Å². The molecule has 0 aliphatic carbocycles. The molecule has 2 heterocycles. The number of benzene rings is 2. The van der Waals surface area contributed by atoms with Crippen molar-refractivity contribution in [1.82, 2.24) is 14.1 Å². The Kier molecular flexibility index (Phi) is 4.37. The number of nitrogens with zero attached hydrogens (tertiary/aromatic N) is 4. The van der Waals surface area contributed by atoms with Crippen LogP contribution in [0.25, 0.3) is 16.7 Å². The Morgan fingerprint density at radius 3 is 2.44 bits per heavy atom. The summed E-state index contributed by atoms with van der Waals surface area (Å²) in [6.45, 7) is 2.32. The van der Waals surface area contributed by atoms with Crippen LogP contribution in [0.3, 0.4) is 0 Å². The normalized spacial score (nSPS) is 11.2. The number of nitro groups is 1. The third-order valence-corrected chi connectivity index (χ3v) is 5.24. The lowest BCUT2D eigenvalue weighted by Crippen LogP contribution is -2.02. The summed E-state index contributed by atoms with van der Waals surface area (Å²) in [5.41, 5.74) is 2.67. The van der Waals surface area contributed by atoms with Crippen molar-refractivity contribution < 1.29 is 4.92 Å². The number of fused-ring (bicyclic) bond motifs is 1. The maximum absolute atomic E-state index is 11.4. The van der Waals surface area contributed by atoms with E-state index in [4.69, 9.17) is 23.2 Å². The zero-order valence-electron chi connectivity index (χ0n) is 14.3. The molecule has 4 rings (SSSR count). The van der Waals surface area contributed by atoms with Gasteiger partial charge in [-0.1, -0.05) is 35.3 Å². The molecule has 0 atom stereocenters. The van der Waals surface area contributed by atoms with Gasteiger partial charge < -0.3 is 9.13 Å².